The van der Waals surface area contributed by atoms with Gasteiger partial charge >= 0.3 is 5.97 Å². The number of aromatic nitrogens is 3. The van der Waals surface area contributed by atoms with Crippen molar-refractivity contribution in [2.24, 2.45) is 0 Å². The van der Waals surface area contributed by atoms with Crippen molar-refractivity contribution in [2.75, 3.05) is 7.11 Å². The van der Waals surface area contributed by atoms with Crippen molar-refractivity contribution >= 4 is 5.97 Å². The Kier molecular flexibility index (Phi) is 5.02. The number of carbonyl (C=O) groups is 1. The highest BCUT2D eigenvalue weighted by Crippen LogP contribution is 2.40. The SMILES string of the molecule is COC(=O)Cn1nc(-c2ccc(F)c(C)c2)nc1C1CCC(F)(F)CC1. The summed E-state index contributed by atoms with van der Waals surface area (Å²) in [7, 11) is 1.27. The van der Waals surface area contributed by atoms with E-state index in [1.54, 1.807) is 19.1 Å². The Labute approximate surface area is 149 Å². The smallest absolute Gasteiger partial charge is 0.327 e. The maximum atomic E-state index is 13.5. The molecule has 0 atom stereocenters. The number of carbonyl (C=O) groups excluding carboxylic acids is 1. The average molecular weight is 367 g/mol. The Bertz CT molecular complexity index is 810. The summed E-state index contributed by atoms with van der Waals surface area (Å²) in [5, 5.41) is 4.35. The molecule has 0 spiro atoms. The van der Waals surface area contributed by atoms with Gasteiger partial charge in [-0.1, -0.05) is 0 Å². The zero-order valence-corrected chi connectivity index (χ0v) is 14.6. The summed E-state index contributed by atoms with van der Waals surface area (Å²) < 4.78 is 46.5. The number of hydrogen-bond donors (Lipinski definition) is 0. The molecule has 1 heterocycles. The van der Waals surface area contributed by atoms with Crippen molar-refractivity contribution in [1.29, 1.82) is 0 Å². The second kappa shape index (κ2) is 7.09. The normalized spacial score (nSPS) is 17.3. The minimum absolute atomic E-state index is 0.147. The van der Waals surface area contributed by atoms with E-state index >= 15 is 0 Å². The fourth-order valence-corrected chi connectivity index (χ4v) is 3.16. The molecule has 1 aliphatic carbocycles. The third kappa shape index (κ3) is 3.89. The van der Waals surface area contributed by atoms with Crippen LogP contribution in [0.2, 0.25) is 0 Å². The lowest BCUT2D eigenvalue weighted by atomic mass is 9.86. The van der Waals surface area contributed by atoms with Crippen LogP contribution in [0.3, 0.4) is 0 Å². The van der Waals surface area contributed by atoms with E-state index in [9.17, 15) is 18.0 Å². The van der Waals surface area contributed by atoms with Crippen molar-refractivity contribution in [2.45, 2.75) is 51.0 Å². The lowest BCUT2D eigenvalue weighted by molar-refractivity contribution is -0.141. The first kappa shape index (κ1) is 18.4. The maximum Gasteiger partial charge on any atom is 0.327 e. The minimum atomic E-state index is -2.65. The van der Waals surface area contributed by atoms with Gasteiger partial charge in [0.2, 0.25) is 5.92 Å². The fourth-order valence-electron chi connectivity index (χ4n) is 3.16. The van der Waals surface area contributed by atoms with Crippen LogP contribution in [-0.4, -0.2) is 33.8 Å². The van der Waals surface area contributed by atoms with E-state index in [1.165, 1.54) is 17.9 Å². The first-order valence-electron chi connectivity index (χ1n) is 8.45. The predicted octanol–water partition coefficient (Wildman–Crippen LogP) is 3.86. The topological polar surface area (TPSA) is 57.0 Å². The highest BCUT2D eigenvalue weighted by Gasteiger charge is 2.37. The van der Waals surface area contributed by atoms with E-state index in [0.29, 0.717) is 22.8 Å². The van der Waals surface area contributed by atoms with Gasteiger partial charge in [0.1, 0.15) is 18.2 Å². The van der Waals surface area contributed by atoms with Crippen LogP contribution in [0.5, 0.6) is 0 Å². The molecule has 3 rings (SSSR count). The molecule has 8 heteroatoms. The number of ether oxygens (including phenoxy) is 1. The molecule has 140 valence electrons. The third-order valence-corrected chi connectivity index (χ3v) is 4.71. The largest absolute Gasteiger partial charge is 0.468 e. The summed E-state index contributed by atoms with van der Waals surface area (Å²) >= 11 is 0. The summed E-state index contributed by atoms with van der Waals surface area (Å²) in [6.45, 7) is 1.49. The second-order valence-corrected chi connectivity index (χ2v) is 6.62. The van der Waals surface area contributed by atoms with Gasteiger partial charge in [-0.2, -0.15) is 5.10 Å². The van der Waals surface area contributed by atoms with Crippen LogP contribution >= 0.6 is 0 Å². The van der Waals surface area contributed by atoms with E-state index in [0.717, 1.165) is 0 Å². The Balaban J connectivity index is 1.95. The first-order chi connectivity index (χ1) is 12.3. The Morgan fingerprint density at radius 3 is 2.65 bits per heavy atom. The maximum absolute atomic E-state index is 13.5. The monoisotopic (exact) mass is 367 g/mol. The molecule has 1 aliphatic rings. The van der Waals surface area contributed by atoms with Crippen molar-refractivity contribution < 1.29 is 22.7 Å². The number of aryl methyl sites for hydroxylation is 1. The first-order valence-corrected chi connectivity index (χ1v) is 8.45. The number of alkyl halides is 2. The van der Waals surface area contributed by atoms with E-state index in [4.69, 9.17) is 0 Å². The molecular formula is C18H20F3N3O2. The van der Waals surface area contributed by atoms with Gasteiger partial charge in [-0.15, -0.1) is 0 Å². The molecule has 0 N–H and O–H groups in total. The third-order valence-electron chi connectivity index (χ3n) is 4.71. The minimum Gasteiger partial charge on any atom is -0.468 e. The number of esters is 1. The Hall–Kier alpha value is -2.38. The van der Waals surface area contributed by atoms with Gasteiger partial charge in [0, 0.05) is 24.3 Å². The highest BCUT2D eigenvalue weighted by molar-refractivity contribution is 5.69. The van der Waals surface area contributed by atoms with E-state index in [-0.39, 0.29) is 44.0 Å². The van der Waals surface area contributed by atoms with Crippen molar-refractivity contribution in [1.82, 2.24) is 14.8 Å². The van der Waals surface area contributed by atoms with Crippen LogP contribution < -0.4 is 0 Å². The number of halogens is 3. The summed E-state index contributed by atoms with van der Waals surface area (Å²) in [5.41, 5.74) is 1.06. The van der Waals surface area contributed by atoms with Crippen LogP contribution in [0.25, 0.3) is 11.4 Å². The number of benzene rings is 1. The van der Waals surface area contributed by atoms with E-state index in [1.807, 2.05) is 0 Å². The number of methoxy groups -OCH3 is 1. The Morgan fingerprint density at radius 2 is 2.04 bits per heavy atom. The molecule has 0 amide bonds. The molecule has 5 nitrogen and oxygen atoms in total. The molecule has 0 aliphatic heterocycles. The van der Waals surface area contributed by atoms with Crippen LogP contribution in [0.1, 0.15) is 43.0 Å². The van der Waals surface area contributed by atoms with Crippen LogP contribution in [-0.2, 0) is 16.1 Å². The van der Waals surface area contributed by atoms with Gasteiger partial charge in [-0.05, 0) is 43.5 Å². The second-order valence-electron chi connectivity index (χ2n) is 6.62. The highest BCUT2D eigenvalue weighted by atomic mass is 19.3. The van der Waals surface area contributed by atoms with Gasteiger partial charge in [0.15, 0.2) is 5.82 Å². The summed E-state index contributed by atoms with van der Waals surface area (Å²) in [6.07, 6.45) is 0.116. The molecule has 0 unspecified atom stereocenters. The van der Waals surface area contributed by atoms with Gasteiger partial charge in [0.25, 0.3) is 0 Å². The average Bonchev–Trinajstić information content (AvgIpc) is 3.01. The van der Waals surface area contributed by atoms with Crippen LogP contribution in [0.15, 0.2) is 18.2 Å². The number of nitrogens with zero attached hydrogens (tertiary/aromatic N) is 3. The van der Waals surface area contributed by atoms with Gasteiger partial charge in [-0.25, -0.2) is 22.8 Å². The molecular weight excluding hydrogens is 347 g/mol. The molecule has 26 heavy (non-hydrogen) atoms. The van der Waals surface area contributed by atoms with E-state index < -0.39 is 11.9 Å². The number of hydrogen-bond acceptors (Lipinski definition) is 4. The lowest BCUT2D eigenvalue weighted by Crippen LogP contribution is -2.26. The zero-order chi connectivity index (χ0) is 18.9. The van der Waals surface area contributed by atoms with Crippen LogP contribution in [0, 0.1) is 12.7 Å². The molecule has 0 saturated heterocycles. The summed E-state index contributed by atoms with van der Waals surface area (Å²) in [4.78, 5) is 16.2. The summed E-state index contributed by atoms with van der Waals surface area (Å²) in [6, 6.07) is 4.50. The van der Waals surface area contributed by atoms with Gasteiger partial charge < -0.3 is 4.74 Å². The molecule has 0 bridgehead atoms. The zero-order valence-electron chi connectivity index (χ0n) is 14.6. The number of rotatable bonds is 4. The van der Waals surface area contributed by atoms with Gasteiger partial charge in [-0.3, -0.25) is 4.79 Å². The molecule has 0 radical (unpaired) electrons. The van der Waals surface area contributed by atoms with Crippen molar-refractivity contribution in [3.05, 3.63) is 35.4 Å². The summed E-state index contributed by atoms with van der Waals surface area (Å²) in [5.74, 6) is -2.87. The molecule has 1 saturated carbocycles. The molecule has 1 aromatic heterocycles. The standard InChI is InChI=1S/C18H20F3N3O2/c1-11-9-13(3-4-14(11)19)16-22-17(24(23-16)10-15(25)26-2)12-5-7-18(20,21)8-6-12/h3-4,9,12H,5-8,10H2,1-2H3. The van der Waals surface area contributed by atoms with Gasteiger partial charge in [0.05, 0.1) is 7.11 Å². The van der Waals surface area contributed by atoms with Crippen molar-refractivity contribution in [3.63, 3.8) is 0 Å². The molecule has 2 aromatic rings. The predicted molar refractivity (Wildman–Crippen MR) is 88.3 cm³/mol. The molecule has 1 aromatic carbocycles. The van der Waals surface area contributed by atoms with E-state index in [2.05, 4.69) is 14.8 Å². The molecule has 1 fully saturated rings. The lowest BCUT2D eigenvalue weighted by Gasteiger charge is -2.27. The van der Waals surface area contributed by atoms with Crippen LogP contribution in [0.4, 0.5) is 13.2 Å². The Morgan fingerprint density at radius 1 is 1.35 bits per heavy atom. The fraction of sp³-hybridized carbons (Fsp3) is 0.500. The van der Waals surface area contributed by atoms with Crippen molar-refractivity contribution in [3.8, 4) is 11.4 Å². The quantitative estimate of drug-likeness (QED) is 0.770.